The van der Waals surface area contributed by atoms with Gasteiger partial charge >= 0.3 is 5.97 Å². The largest absolute Gasteiger partial charge is 0.425 e. The first-order valence-electron chi connectivity index (χ1n) is 12.3. The molecule has 0 heterocycles. The number of hydrogen-bond donors (Lipinski definition) is 0. The maximum absolute atomic E-state index is 11.7. The monoisotopic (exact) mass is 540 g/mol. The summed E-state index contributed by atoms with van der Waals surface area (Å²) in [5, 5.41) is 0.759. The van der Waals surface area contributed by atoms with E-state index in [0.717, 1.165) is 25.7 Å². The molecule has 0 radical (unpaired) electrons. The van der Waals surface area contributed by atoms with Gasteiger partial charge in [0, 0.05) is 18.9 Å². The van der Waals surface area contributed by atoms with E-state index in [9.17, 15) is 9.59 Å². The Balaban J connectivity index is 0.000000728. The van der Waals surface area contributed by atoms with Crippen LogP contribution in [0, 0.1) is 0 Å². The van der Waals surface area contributed by atoms with Crippen LogP contribution >= 0.6 is 46.4 Å². The van der Waals surface area contributed by atoms with Gasteiger partial charge in [-0.05, 0) is 30.5 Å². The van der Waals surface area contributed by atoms with E-state index in [0.29, 0.717) is 22.9 Å². The molecular formula is C26H40Cl4O3. The van der Waals surface area contributed by atoms with Crippen molar-refractivity contribution < 1.29 is 14.3 Å². The van der Waals surface area contributed by atoms with Crippen molar-refractivity contribution in [1.82, 2.24) is 0 Å². The van der Waals surface area contributed by atoms with E-state index in [-0.39, 0.29) is 22.0 Å². The number of benzene rings is 1. The van der Waals surface area contributed by atoms with Crippen LogP contribution in [0.3, 0.4) is 0 Å². The summed E-state index contributed by atoms with van der Waals surface area (Å²) < 4.78 is 5.21. The Labute approximate surface area is 220 Å². The molecule has 0 atom stereocenters. The predicted octanol–water partition coefficient (Wildman–Crippen LogP) is 10.6. The molecule has 0 fully saturated rings. The predicted molar refractivity (Wildman–Crippen MR) is 143 cm³/mol. The smallest absolute Gasteiger partial charge is 0.311 e. The highest BCUT2D eigenvalue weighted by Crippen LogP contribution is 2.34. The summed E-state index contributed by atoms with van der Waals surface area (Å²) in [6, 6.07) is 2.94. The first-order chi connectivity index (χ1) is 15.8. The number of hydrogen-bond acceptors (Lipinski definition) is 3. The van der Waals surface area contributed by atoms with Crippen LogP contribution in [0.15, 0.2) is 12.1 Å². The molecule has 7 heteroatoms. The Morgan fingerprint density at radius 3 is 1.55 bits per heavy atom. The third kappa shape index (κ3) is 19.5. The summed E-state index contributed by atoms with van der Waals surface area (Å²) in [5.74, 6) is -0.0251. The lowest BCUT2D eigenvalue weighted by Gasteiger charge is -2.07. The van der Waals surface area contributed by atoms with Crippen LogP contribution in [0.4, 0.5) is 0 Å². The van der Waals surface area contributed by atoms with Crippen molar-refractivity contribution in [3.63, 3.8) is 0 Å². The molecule has 0 aliphatic carbocycles. The number of unbranched alkanes of at least 4 members (excludes halogenated alkanes) is 12. The van der Waals surface area contributed by atoms with Crippen LogP contribution in [0.25, 0.3) is 0 Å². The van der Waals surface area contributed by atoms with E-state index in [1.807, 2.05) is 0 Å². The third-order valence-corrected chi connectivity index (χ3v) is 6.37. The van der Waals surface area contributed by atoms with Crippen LogP contribution in [-0.2, 0) is 9.59 Å². The van der Waals surface area contributed by atoms with Gasteiger partial charge in [0.15, 0.2) is 5.75 Å². The number of ether oxygens (including phenoxy) is 1. The van der Waals surface area contributed by atoms with E-state index in [2.05, 4.69) is 13.8 Å². The minimum atomic E-state index is -0.288. The SMILES string of the molecule is CCCCCCCCCC(=O)Cl.CCCCCCCCCC(=O)Oc1cc(Cl)c(Cl)cc1Cl. The molecule has 0 aliphatic heterocycles. The molecule has 0 saturated carbocycles. The lowest BCUT2D eigenvalue weighted by Crippen LogP contribution is -2.07. The molecule has 0 aliphatic rings. The Bertz CT molecular complexity index is 665. The number of esters is 1. The van der Waals surface area contributed by atoms with Crippen molar-refractivity contribution in [3.8, 4) is 5.75 Å². The summed E-state index contributed by atoms with van der Waals surface area (Å²) >= 11 is 22.9. The highest BCUT2D eigenvalue weighted by molar-refractivity contribution is 6.63. The molecule has 0 bridgehead atoms. The second-order valence-electron chi connectivity index (χ2n) is 8.27. The van der Waals surface area contributed by atoms with E-state index in [1.54, 1.807) is 0 Å². The fourth-order valence-corrected chi connectivity index (χ4v) is 3.91. The van der Waals surface area contributed by atoms with Crippen molar-refractivity contribution >= 4 is 57.6 Å². The lowest BCUT2D eigenvalue weighted by molar-refractivity contribution is -0.134. The molecule has 0 spiro atoms. The summed E-state index contributed by atoms with van der Waals surface area (Å²) in [5.41, 5.74) is 0. The maximum Gasteiger partial charge on any atom is 0.311 e. The Kier molecular flexibility index (Phi) is 21.7. The second kappa shape index (κ2) is 22.0. The van der Waals surface area contributed by atoms with Gasteiger partial charge in [-0.3, -0.25) is 9.59 Å². The topological polar surface area (TPSA) is 43.4 Å². The standard InChI is InChI=1S/C16H21Cl3O2.C10H19ClO/c1-2-3-4-5-6-7-8-9-16(20)21-15-11-13(18)12(17)10-14(15)19;1-2-3-4-5-6-7-8-9-10(11)12/h10-11H,2-9H2,1H3;2-9H2,1H3. The van der Waals surface area contributed by atoms with Gasteiger partial charge in [-0.25, -0.2) is 0 Å². The molecule has 3 nitrogen and oxygen atoms in total. The Morgan fingerprint density at radius 2 is 1.06 bits per heavy atom. The molecule has 0 aromatic heterocycles. The zero-order valence-corrected chi connectivity index (χ0v) is 23.2. The lowest BCUT2D eigenvalue weighted by atomic mass is 10.1. The summed E-state index contributed by atoms with van der Waals surface area (Å²) in [6.07, 6.45) is 17.7. The highest BCUT2D eigenvalue weighted by atomic mass is 35.5. The van der Waals surface area contributed by atoms with Crippen LogP contribution < -0.4 is 4.74 Å². The van der Waals surface area contributed by atoms with Gasteiger partial charge in [0.25, 0.3) is 0 Å². The van der Waals surface area contributed by atoms with Crippen LogP contribution in [-0.4, -0.2) is 11.2 Å². The molecule has 0 amide bonds. The van der Waals surface area contributed by atoms with E-state index in [1.165, 1.54) is 76.3 Å². The molecule has 1 aromatic carbocycles. The van der Waals surface area contributed by atoms with Gasteiger partial charge in [0.05, 0.1) is 15.1 Å². The van der Waals surface area contributed by atoms with E-state index >= 15 is 0 Å². The molecule has 1 rings (SSSR count). The molecule has 33 heavy (non-hydrogen) atoms. The average Bonchev–Trinajstić information content (AvgIpc) is 2.76. The molecule has 1 aromatic rings. The first-order valence-corrected chi connectivity index (χ1v) is 13.9. The van der Waals surface area contributed by atoms with Crippen LogP contribution in [0.1, 0.15) is 117 Å². The zero-order valence-electron chi connectivity index (χ0n) is 20.2. The Hall–Kier alpha value is -0.480. The summed E-state index contributed by atoms with van der Waals surface area (Å²) in [4.78, 5) is 22.1. The van der Waals surface area contributed by atoms with Crippen molar-refractivity contribution in [2.24, 2.45) is 0 Å². The molecule has 0 saturated heterocycles. The number of carbonyl (C=O) groups excluding carboxylic acids is 2. The van der Waals surface area contributed by atoms with Gasteiger partial charge in [0.2, 0.25) is 5.24 Å². The van der Waals surface area contributed by atoms with Crippen LogP contribution in [0.2, 0.25) is 15.1 Å². The number of halogens is 4. The van der Waals surface area contributed by atoms with E-state index in [4.69, 9.17) is 51.1 Å². The normalized spacial score (nSPS) is 10.5. The van der Waals surface area contributed by atoms with Crippen molar-refractivity contribution in [2.45, 2.75) is 117 Å². The van der Waals surface area contributed by atoms with Crippen molar-refractivity contribution in [3.05, 3.63) is 27.2 Å². The van der Waals surface area contributed by atoms with E-state index < -0.39 is 0 Å². The van der Waals surface area contributed by atoms with Gasteiger partial charge in [-0.1, -0.05) is 126 Å². The number of carbonyl (C=O) groups is 2. The molecular weight excluding hydrogens is 502 g/mol. The van der Waals surface area contributed by atoms with Gasteiger partial charge in [-0.2, -0.15) is 0 Å². The second-order valence-corrected chi connectivity index (χ2v) is 9.91. The zero-order chi connectivity index (χ0) is 24.9. The van der Waals surface area contributed by atoms with Gasteiger partial charge in [0.1, 0.15) is 0 Å². The minimum Gasteiger partial charge on any atom is -0.425 e. The van der Waals surface area contributed by atoms with Gasteiger partial charge in [-0.15, -0.1) is 0 Å². The van der Waals surface area contributed by atoms with Crippen molar-refractivity contribution in [2.75, 3.05) is 0 Å². The molecule has 190 valence electrons. The van der Waals surface area contributed by atoms with Crippen LogP contribution in [0.5, 0.6) is 5.75 Å². The fourth-order valence-electron chi connectivity index (χ4n) is 3.20. The quantitative estimate of drug-likeness (QED) is 0.0647. The summed E-state index contributed by atoms with van der Waals surface area (Å²) in [6.45, 7) is 4.41. The molecule has 0 N–H and O–H groups in total. The highest BCUT2D eigenvalue weighted by Gasteiger charge is 2.11. The Morgan fingerprint density at radius 1 is 0.636 bits per heavy atom. The third-order valence-electron chi connectivity index (χ3n) is 5.16. The number of rotatable bonds is 17. The van der Waals surface area contributed by atoms with Gasteiger partial charge < -0.3 is 4.74 Å². The minimum absolute atomic E-state index is 0.191. The van der Waals surface area contributed by atoms with Crippen molar-refractivity contribution in [1.29, 1.82) is 0 Å². The average molecular weight is 542 g/mol. The molecule has 0 unspecified atom stereocenters. The first kappa shape index (κ1) is 32.5. The maximum atomic E-state index is 11.7. The summed E-state index contributed by atoms with van der Waals surface area (Å²) in [7, 11) is 0. The fraction of sp³-hybridized carbons (Fsp3) is 0.692.